The van der Waals surface area contributed by atoms with E-state index in [9.17, 15) is 13.2 Å². The number of aryl methyl sites for hydroxylation is 2. The van der Waals surface area contributed by atoms with Crippen molar-refractivity contribution in [2.45, 2.75) is 13.8 Å². The number of hydrogen-bond donors (Lipinski definition) is 1. The van der Waals surface area contributed by atoms with E-state index in [4.69, 9.17) is 4.74 Å². The van der Waals surface area contributed by atoms with Crippen LogP contribution < -0.4 is 14.4 Å². The second-order valence-corrected chi connectivity index (χ2v) is 9.02. The molecule has 27 heavy (non-hydrogen) atoms. The van der Waals surface area contributed by atoms with Crippen LogP contribution >= 0.6 is 15.9 Å². The minimum atomic E-state index is -3.59. The Hall–Kier alpha value is -2.06. The molecule has 1 N–H and O–H groups in total. The number of nitrogens with one attached hydrogen (secondary N) is 1. The van der Waals surface area contributed by atoms with Crippen molar-refractivity contribution < 1.29 is 17.9 Å². The van der Waals surface area contributed by atoms with Crippen molar-refractivity contribution in [3.63, 3.8) is 0 Å². The molecule has 0 aliphatic rings. The maximum atomic E-state index is 12.2. The van der Waals surface area contributed by atoms with E-state index >= 15 is 0 Å². The van der Waals surface area contributed by atoms with Crippen LogP contribution in [0, 0.1) is 13.8 Å². The van der Waals surface area contributed by atoms with Crippen molar-refractivity contribution in [3.05, 3.63) is 58.1 Å². The van der Waals surface area contributed by atoms with Crippen LogP contribution in [-0.2, 0) is 14.8 Å². The van der Waals surface area contributed by atoms with Gasteiger partial charge in [0.2, 0.25) is 15.9 Å². The number of amides is 1. The Morgan fingerprint density at radius 2 is 1.89 bits per heavy atom. The number of rotatable bonds is 8. The first-order valence-electron chi connectivity index (χ1n) is 8.37. The smallest absolute Gasteiger partial charge is 0.240 e. The second-order valence-electron chi connectivity index (χ2n) is 6.19. The molecule has 146 valence electrons. The van der Waals surface area contributed by atoms with Gasteiger partial charge in [0, 0.05) is 4.47 Å². The van der Waals surface area contributed by atoms with Gasteiger partial charge in [-0.3, -0.25) is 9.10 Å². The SMILES string of the molecule is Cc1ccc(OCCNC(=O)CN(c2cccc(Br)c2)S(C)(=O)=O)cc1C. The summed E-state index contributed by atoms with van der Waals surface area (Å²) in [4.78, 5) is 12.2. The molecule has 0 saturated heterocycles. The van der Waals surface area contributed by atoms with Crippen LogP contribution in [0.2, 0.25) is 0 Å². The summed E-state index contributed by atoms with van der Waals surface area (Å²) in [5.74, 6) is 0.336. The highest BCUT2D eigenvalue weighted by atomic mass is 79.9. The molecule has 0 aliphatic heterocycles. The van der Waals surface area contributed by atoms with E-state index < -0.39 is 15.9 Å². The van der Waals surface area contributed by atoms with E-state index in [0.29, 0.717) is 12.3 Å². The number of nitrogens with zero attached hydrogens (tertiary/aromatic N) is 1. The Bertz CT molecular complexity index is 916. The lowest BCUT2D eigenvalue weighted by molar-refractivity contribution is -0.119. The molecule has 8 heteroatoms. The monoisotopic (exact) mass is 454 g/mol. The number of benzene rings is 2. The van der Waals surface area contributed by atoms with E-state index in [-0.39, 0.29) is 13.1 Å². The molecule has 0 heterocycles. The molecule has 0 fully saturated rings. The summed E-state index contributed by atoms with van der Waals surface area (Å²) in [7, 11) is -3.59. The summed E-state index contributed by atoms with van der Waals surface area (Å²) in [5, 5.41) is 2.68. The van der Waals surface area contributed by atoms with Gasteiger partial charge in [0.15, 0.2) is 0 Å². The molecule has 0 bridgehead atoms. The summed E-state index contributed by atoms with van der Waals surface area (Å²) < 4.78 is 31.5. The summed E-state index contributed by atoms with van der Waals surface area (Å²) in [6, 6.07) is 12.6. The molecule has 6 nitrogen and oxygen atoms in total. The average molecular weight is 455 g/mol. The lowest BCUT2D eigenvalue weighted by Gasteiger charge is -2.22. The number of carbonyl (C=O) groups excluding carboxylic acids is 1. The van der Waals surface area contributed by atoms with Gasteiger partial charge in [0.1, 0.15) is 18.9 Å². The third-order valence-corrected chi connectivity index (χ3v) is 5.59. The maximum Gasteiger partial charge on any atom is 0.240 e. The fraction of sp³-hybridized carbons (Fsp3) is 0.316. The van der Waals surface area contributed by atoms with Gasteiger partial charge in [-0.05, 0) is 55.3 Å². The molecule has 0 aliphatic carbocycles. The van der Waals surface area contributed by atoms with Crippen LogP contribution in [0.25, 0.3) is 0 Å². The summed E-state index contributed by atoms with van der Waals surface area (Å²) in [5.41, 5.74) is 2.74. The van der Waals surface area contributed by atoms with Crippen LogP contribution in [0.3, 0.4) is 0 Å². The minimum absolute atomic E-state index is 0.280. The van der Waals surface area contributed by atoms with Gasteiger partial charge in [0.25, 0.3) is 0 Å². The topological polar surface area (TPSA) is 75.7 Å². The fourth-order valence-corrected chi connectivity index (χ4v) is 3.62. The van der Waals surface area contributed by atoms with Gasteiger partial charge >= 0.3 is 0 Å². The molecule has 2 rings (SSSR count). The second kappa shape index (κ2) is 9.23. The van der Waals surface area contributed by atoms with Gasteiger partial charge in [-0.2, -0.15) is 0 Å². The van der Waals surface area contributed by atoms with Gasteiger partial charge in [-0.15, -0.1) is 0 Å². The van der Waals surface area contributed by atoms with Crippen molar-refractivity contribution in [2.24, 2.45) is 0 Å². The van der Waals surface area contributed by atoms with Crippen molar-refractivity contribution in [1.29, 1.82) is 0 Å². The number of anilines is 1. The van der Waals surface area contributed by atoms with Gasteiger partial charge in [-0.1, -0.05) is 28.1 Å². The number of sulfonamides is 1. The number of hydrogen-bond acceptors (Lipinski definition) is 4. The average Bonchev–Trinajstić information content (AvgIpc) is 2.58. The number of carbonyl (C=O) groups is 1. The largest absolute Gasteiger partial charge is 0.492 e. The van der Waals surface area contributed by atoms with Crippen molar-refractivity contribution in [1.82, 2.24) is 5.32 Å². The molecule has 0 spiro atoms. The summed E-state index contributed by atoms with van der Waals surface area (Å²) >= 11 is 3.31. The molecule has 0 unspecified atom stereocenters. The van der Waals surface area contributed by atoms with Crippen LogP contribution in [0.15, 0.2) is 46.9 Å². The van der Waals surface area contributed by atoms with Crippen molar-refractivity contribution in [3.8, 4) is 5.75 Å². The molecule has 0 radical (unpaired) electrons. The Labute approximate surface area is 168 Å². The molecule has 0 aromatic heterocycles. The molecule has 0 atom stereocenters. The summed E-state index contributed by atoms with van der Waals surface area (Å²) in [6.45, 7) is 4.31. The molecule has 2 aromatic carbocycles. The van der Waals surface area contributed by atoms with Crippen molar-refractivity contribution >= 4 is 37.5 Å². The Balaban J connectivity index is 1.89. The highest BCUT2D eigenvalue weighted by Crippen LogP contribution is 2.22. The first kappa shape index (κ1) is 21.2. The molecule has 2 aromatic rings. The van der Waals surface area contributed by atoms with Gasteiger partial charge < -0.3 is 10.1 Å². The van der Waals surface area contributed by atoms with Gasteiger partial charge in [0.05, 0.1) is 18.5 Å². The Morgan fingerprint density at radius 3 is 2.52 bits per heavy atom. The Kier molecular flexibility index (Phi) is 7.26. The third kappa shape index (κ3) is 6.55. The van der Waals surface area contributed by atoms with E-state index in [1.54, 1.807) is 24.3 Å². The normalized spacial score (nSPS) is 11.1. The number of ether oxygens (including phenoxy) is 1. The highest BCUT2D eigenvalue weighted by Gasteiger charge is 2.20. The summed E-state index contributed by atoms with van der Waals surface area (Å²) in [6.07, 6.45) is 1.07. The first-order chi connectivity index (χ1) is 12.7. The van der Waals surface area contributed by atoms with E-state index in [2.05, 4.69) is 21.2 Å². The predicted molar refractivity (Wildman–Crippen MR) is 111 cm³/mol. The fourth-order valence-electron chi connectivity index (χ4n) is 2.38. The first-order valence-corrected chi connectivity index (χ1v) is 11.0. The van der Waals surface area contributed by atoms with Crippen molar-refractivity contribution in [2.75, 3.05) is 30.3 Å². The maximum absolute atomic E-state index is 12.2. The zero-order chi connectivity index (χ0) is 20.0. The number of halogens is 1. The van der Waals surface area contributed by atoms with Crippen LogP contribution in [0.5, 0.6) is 5.75 Å². The quantitative estimate of drug-likeness (QED) is 0.621. The molecule has 1 amide bonds. The Morgan fingerprint density at radius 1 is 1.15 bits per heavy atom. The molecule has 0 saturated carbocycles. The lowest BCUT2D eigenvalue weighted by Crippen LogP contribution is -2.41. The van der Waals surface area contributed by atoms with Crippen LogP contribution in [-0.4, -0.2) is 40.3 Å². The van der Waals surface area contributed by atoms with Crippen LogP contribution in [0.4, 0.5) is 5.69 Å². The highest BCUT2D eigenvalue weighted by molar-refractivity contribution is 9.10. The molecular weight excluding hydrogens is 432 g/mol. The van der Waals surface area contributed by atoms with Crippen LogP contribution in [0.1, 0.15) is 11.1 Å². The van der Waals surface area contributed by atoms with E-state index in [1.165, 1.54) is 5.56 Å². The predicted octanol–water partition coefficient (Wildman–Crippen LogP) is 3.03. The molecular formula is C19H23BrN2O4S. The third-order valence-electron chi connectivity index (χ3n) is 3.96. The zero-order valence-corrected chi connectivity index (χ0v) is 17.9. The minimum Gasteiger partial charge on any atom is -0.492 e. The van der Waals surface area contributed by atoms with E-state index in [0.717, 1.165) is 26.3 Å². The lowest BCUT2D eigenvalue weighted by atomic mass is 10.1. The van der Waals surface area contributed by atoms with Gasteiger partial charge in [-0.25, -0.2) is 8.42 Å². The standard InChI is InChI=1S/C19H23BrN2O4S/c1-14-7-8-18(11-15(14)2)26-10-9-21-19(23)13-22(27(3,24)25)17-6-4-5-16(20)12-17/h4-8,11-12H,9-10,13H2,1-3H3,(H,21,23). The zero-order valence-electron chi connectivity index (χ0n) is 15.5. The van der Waals surface area contributed by atoms with E-state index in [1.807, 2.05) is 32.0 Å².